The average Bonchev–Trinajstić information content (AvgIpc) is 3.41. The second kappa shape index (κ2) is 9.32. The first kappa shape index (κ1) is 21.9. The van der Waals surface area contributed by atoms with Gasteiger partial charge in [-0.25, -0.2) is 4.79 Å². The van der Waals surface area contributed by atoms with Gasteiger partial charge in [0.05, 0.1) is 6.04 Å². The lowest BCUT2D eigenvalue weighted by molar-refractivity contribution is -0.136. The summed E-state index contributed by atoms with van der Waals surface area (Å²) in [5.74, 6) is 0.668. The van der Waals surface area contributed by atoms with Gasteiger partial charge < -0.3 is 20.9 Å². The third kappa shape index (κ3) is 6.07. The lowest BCUT2D eigenvalue weighted by Crippen LogP contribution is -2.52. The van der Waals surface area contributed by atoms with Gasteiger partial charge in [0.25, 0.3) is 0 Å². The highest BCUT2D eigenvalue weighted by Gasteiger charge is 2.43. The molecule has 29 heavy (non-hydrogen) atoms. The van der Waals surface area contributed by atoms with Gasteiger partial charge in [0.15, 0.2) is 0 Å². The summed E-state index contributed by atoms with van der Waals surface area (Å²) in [6.45, 7) is 11.0. The smallest absolute Gasteiger partial charge is 0.315 e. The quantitative estimate of drug-likeness (QED) is 0.585. The maximum Gasteiger partial charge on any atom is 0.315 e. The van der Waals surface area contributed by atoms with Crippen LogP contribution in [-0.2, 0) is 9.59 Å². The number of nitrogens with zero attached hydrogens (tertiary/aromatic N) is 2. The lowest BCUT2D eigenvalue weighted by atomic mass is 10.1. The molecule has 8 heteroatoms. The van der Waals surface area contributed by atoms with Crippen LogP contribution in [0.3, 0.4) is 0 Å². The van der Waals surface area contributed by atoms with Crippen molar-refractivity contribution in [1.29, 1.82) is 0 Å². The highest BCUT2D eigenvalue weighted by Crippen LogP contribution is 2.29. The van der Waals surface area contributed by atoms with E-state index in [4.69, 9.17) is 0 Å². The average molecular weight is 408 g/mol. The first-order valence-electron chi connectivity index (χ1n) is 11.1. The minimum atomic E-state index is -0.497. The zero-order valence-electron chi connectivity index (χ0n) is 18.2. The van der Waals surface area contributed by atoms with Crippen molar-refractivity contribution in [1.82, 2.24) is 25.8 Å². The van der Waals surface area contributed by atoms with Gasteiger partial charge in [0.1, 0.15) is 6.04 Å². The molecule has 3 aliphatic rings. The molecule has 0 aromatic carbocycles. The monoisotopic (exact) mass is 407 g/mol. The summed E-state index contributed by atoms with van der Waals surface area (Å²) < 4.78 is 0. The Morgan fingerprint density at radius 2 is 1.79 bits per heavy atom. The number of rotatable bonds is 7. The molecule has 0 spiro atoms. The van der Waals surface area contributed by atoms with E-state index in [-0.39, 0.29) is 41.9 Å². The largest absolute Gasteiger partial charge is 0.343 e. The number of carbonyl (C=O) groups is 3. The SMILES string of the molecule is CC(C)CCN1C[C@@H]2C[C@H](NC(=O)NC(C)C)CN2C(=O)[C@@H](NC(=O)C2CC2)C1. The molecule has 0 radical (unpaired) electrons. The number of amides is 4. The Morgan fingerprint density at radius 3 is 2.41 bits per heavy atom. The molecule has 164 valence electrons. The van der Waals surface area contributed by atoms with E-state index in [1.54, 1.807) is 0 Å². The first-order valence-corrected chi connectivity index (χ1v) is 11.1. The zero-order chi connectivity index (χ0) is 21.1. The first-order chi connectivity index (χ1) is 13.7. The van der Waals surface area contributed by atoms with Crippen molar-refractivity contribution in [2.24, 2.45) is 11.8 Å². The Hall–Kier alpha value is -1.83. The van der Waals surface area contributed by atoms with E-state index in [1.165, 1.54) is 0 Å². The summed E-state index contributed by atoms with van der Waals surface area (Å²) in [5, 5.41) is 8.87. The highest BCUT2D eigenvalue weighted by atomic mass is 16.2. The second-order valence-corrected chi connectivity index (χ2v) is 9.63. The molecule has 0 aromatic rings. The van der Waals surface area contributed by atoms with Crippen LogP contribution >= 0.6 is 0 Å². The van der Waals surface area contributed by atoms with Crippen LogP contribution < -0.4 is 16.0 Å². The van der Waals surface area contributed by atoms with Crippen molar-refractivity contribution in [2.75, 3.05) is 26.2 Å². The number of urea groups is 1. The van der Waals surface area contributed by atoms with Crippen molar-refractivity contribution in [3.05, 3.63) is 0 Å². The van der Waals surface area contributed by atoms with Gasteiger partial charge in [-0.05, 0) is 52.0 Å². The van der Waals surface area contributed by atoms with Gasteiger partial charge in [0.2, 0.25) is 11.8 Å². The zero-order valence-corrected chi connectivity index (χ0v) is 18.2. The molecule has 3 atom stereocenters. The van der Waals surface area contributed by atoms with E-state index < -0.39 is 6.04 Å². The van der Waals surface area contributed by atoms with E-state index in [1.807, 2.05) is 18.7 Å². The van der Waals surface area contributed by atoms with Crippen LogP contribution in [0.1, 0.15) is 53.4 Å². The normalized spacial score (nSPS) is 27.7. The minimum absolute atomic E-state index is 0.00962. The molecule has 0 unspecified atom stereocenters. The van der Waals surface area contributed by atoms with Gasteiger partial charge in [-0.1, -0.05) is 13.8 Å². The van der Waals surface area contributed by atoms with Crippen molar-refractivity contribution in [2.45, 2.75) is 77.5 Å². The van der Waals surface area contributed by atoms with Gasteiger partial charge in [-0.15, -0.1) is 0 Å². The van der Waals surface area contributed by atoms with Gasteiger partial charge in [-0.3, -0.25) is 14.5 Å². The number of fused-ring (bicyclic) bond motifs is 1. The van der Waals surface area contributed by atoms with E-state index in [2.05, 4.69) is 34.7 Å². The lowest BCUT2D eigenvalue weighted by Gasteiger charge is -2.26. The Morgan fingerprint density at radius 1 is 1.07 bits per heavy atom. The van der Waals surface area contributed by atoms with Crippen LogP contribution in [-0.4, -0.2) is 78.0 Å². The van der Waals surface area contributed by atoms with Crippen LogP contribution in [0.25, 0.3) is 0 Å². The van der Waals surface area contributed by atoms with E-state index in [9.17, 15) is 14.4 Å². The fourth-order valence-electron chi connectivity index (χ4n) is 4.23. The van der Waals surface area contributed by atoms with Gasteiger partial charge >= 0.3 is 6.03 Å². The van der Waals surface area contributed by atoms with Crippen molar-refractivity contribution in [3.8, 4) is 0 Å². The van der Waals surface area contributed by atoms with E-state index in [0.29, 0.717) is 19.0 Å². The van der Waals surface area contributed by atoms with Crippen molar-refractivity contribution < 1.29 is 14.4 Å². The molecular weight excluding hydrogens is 370 g/mol. The summed E-state index contributed by atoms with van der Waals surface area (Å²) in [7, 11) is 0. The van der Waals surface area contributed by atoms with Crippen molar-refractivity contribution in [3.63, 3.8) is 0 Å². The Labute approximate surface area is 174 Å². The molecule has 0 aromatic heterocycles. The summed E-state index contributed by atoms with van der Waals surface area (Å²) >= 11 is 0. The summed E-state index contributed by atoms with van der Waals surface area (Å²) in [4.78, 5) is 41.9. The molecule has 2 heterocycles. The summed E-state index contributed by atoms with van der Waals surface area (Å²) in [6, 6.07) is -0.611. The third-order valence-electron chi connectivity index (χ3n) is 5.95. The maximum absolute atomic E-state index is 13.3. The molecule has 0 bridgehead atoms. The number of nitrogens with one attached hydrogen (secondary N) is 3. The van der Waals surface area contributed by atoms with E-state index in [0.717, 1.165) is 38.8 Å². The highest BCUT2D eigenvalue weighted by molar-refractivity contribution is 5.90. The Kier molecular flexibility index (Phi) is 7.03. The molecule has 3 N–H and O–H groups in total. The fraction of sp³-hybridized carbons (Fsp3) is 0.857. The number of hydrogen-bond acceptors (Lipinski definition) is 4. The minimum Gasteiger partial charge on any atom is -0.343 e. The molecule has 8 nitrogen and oxygen atoms in total. The third-order valence-corrected chi connectivity index (χ3v) is 5.95. The number of carbonyl (C=O) groups excluding carboxylic acids is 3. The van der Waals surface area contributed by atoms with Crippen LogP contribution in [0.5, 0.6) is 0 Å². The summed E-state index contributed by atoms with van der Waals surface area (Å²) in [5.41, 5.74) is 0. The predicted molar refractivity (Wildman–Crippen MR) is 111 cm³/mol. The van der Waals surface area contributed by atoms with E-state index >= 15 is 0 Å². The van der Waals surface area contributed by atoms with Crippen LogP contribution in [0, 0.1) is 11.8 Å². The van der Waals surface area contributed by atoms with Crippen LogP contribution in [0.15, 0.2) is 0 Å². The number of hydrogen-bond donors (Lipinski definition) is 3. The summed E-state index contributed by atoms with van der Waals surface area (Å²) in [6.07, 6.45) is 3.65. The molecule has 3 rings (SSSR count). The molecule has 2 saturated heterocycles. The van der Waals surface area contributed by atoms with Crippen molar-refractivity contribution >= 4 is 17.8 Å². The van der Waals surface area contributed by atoms with Crippen LogP contribution in [0.2, 0.25) is 0 Å². The molecular formula is C21H37N5O3. The fourth-order valence-corrected chi connectivity index (χ4v) is 4.23. The Balaban J connectivity index is 1.67. The molecule has 2 aliphatic heterocycles. The topological polar surface area (TPSA) is 93.8 Å². The molecule has 1 aliphatic carbocycles. The second-order valence-electron chi connectivity index (χ2n) is 9.63. The molecule has 3 fully saturated rings. The van der Waals surface area contributed by atoms with Gasteiger partial charge in [-0.2, -0.15) is 0 Å². The standard InChI is InChI=1S/C21H37N5O3/c1-13(2)7-8-25-11-17-9-16(23-21(29)22-14(3)4)10-26(17)20(28)18(12-25)24-19(27)15-5-6-15/h13-18H,5-12H2,1-4H3,(H,24,27)(H2,22,23,29)/t16-,17-,18-/m0/s1. The van der Waals surface area contributed by atoms with Gasteiger partial charge in [0, 0.05) is 37.6 Å². The molecule has 1 saturated carbocycles. The van der Waals surface area contributed by atoms with Crippen LogP contribution in [0.4, 0.5) is 4.79 Å². The molecule has 4 amide bonds. The predicted octanol–water partition coefficient (Wildman–Crippen LogP) is 0.920. The Bertz CT molecular complexity index is 619. The maximum atomic E-state index is 13.3.